The van der Waals surface area contributed by atoms with Crippen LogP contribution in [-0.2, 0) is 11.2 Å². The van der Waals surface area contributed by atoms with Crippen LogP contribution in [0.25, 0.3) is 22.3 Å². The Hall–Kier alpha value is -2.85. The molecule has 1 aliphatic rings. The van der Waals surface area contributed by atoms with Gasteiger partial charge < -0.3 is 4.74 Å². The number of unbranched alkanes of at least 4 members (excludes halogenated alkanes) is 7. The highest BCUT2D eigenvalue weighted by Crippen LogP contribution is 2.34. The minimum atomic E-state index is -0.834. The summed E-state index contributed by atoms with van der Waals surface area (Å²) in [5, 5.41) is 0. The minimum absolute atomic E-state index is 0.0784. The number of hydrogen-bond acceptors (Lipinski definition) is 1. The largest absolute Gasteiger partial charge is 0.378 e. The van der Waals surface area contributed by atoms with Gasteiger partial charge in [-0.25, -0.2) is 13.2 Å². The first-order chi connectivity index (χ1) is 20.5. The van der Waals surface area contributed by atoms with Crippen LogP contribution in [-0.4, -0.2) is 12.7 Å². The van der Waals surface area contributed by atoms with Crippen molar-refractivity contribution in [2.45, 2.75) is 109 Å². The van der Waals surface area contributed by atoms with E-state index in [9.17, 15) is 8.78 Å². The lowest BCUT2D eigenvalue weighted by Crippen LogP contribution is -2.25. The Morgan fingerprint density at radius 3 is 2.12 bits per heavy atom. The zero-order chi connectivity index (χ0) is 29.7. The van der Waals surface area contributed by atoms with Crippen molar-refractivity contribution in [2.24, 2.45) is 0 Å². The molecule has 0 amide bonds. The predicted octanol–water partition coefficient (Wildman–Crippen LogP) is 11.7. The molecule has 0 saturated carbocycles. The second-order valence-electron chi connectivity index (χ2n) is 11.8. The summed E-state index contributed by atoms with van der Waals surface area (Å²) in [6, 6.07) is 15.9. The van der Waals surface area contributed by atoms with Crippen LogP contribution in [0.3, 0.4) is 0 Å². The second kappa shape index (κ2) is 16.7. The van der Waals surface area contributed by atoms with E-state index < -0.39 is 11.6 Å². The smallest absolute Gasteiger partial charge is 0.166 e. The fraction of sp³-hybridized carbons (Fsp3) is 0.474. The lowest BCUT2D eigenvalue weighted by atomic mass is 9.88. The number of benzene rings is 3. The standard InChI is InChI=1S/C38H47F3O/c1-3-5-7-9-10-11-13-15-33-23-20-32(27-42-33)34-24-22-31(26-36(34)39)28-16-18-29(19-17-28)35-25-21-30(37(40)38(35)41)14-12-8-6-4-2/h8,12,16-19,21-22,24-26,32-33H,3-7,9-11,13-15,20,23,27H2,1-2H3/b12-8-. The highest BCUT2D eigenvalue weighted by Gasteiger charge is 2.25. The van der Waals surface area contributed by atoms with E-state index in [0.29, 0.717) is 35.8 Å². The van der Waals surface area contributed by atoms with Crippen molar-refractivity contribution >= 4 is 0 Å². The Morgan fingerprint density at radius 1 is 0.714 bits per heavy atom. The summed E-state index contributed by atoms with van der Waals surface area (Å²) in [6.07, 6.45) is 18.7. The monoisotopic (exact) mass is 576 g/mol. The third-order valence-electron chi connectivity index (χ3n) is 8.59. The van der Waals surface area contributed by atoms with Gasteiger partial charge in [0.1, 0.15) is 5.82 Å². The molecule has 4 rings (SSSR count). The Bertz CT molecular complexity index is 1270. The van der Waals surface area contributed by atoms with Crippen LogP contribution in [0.4, 0.5) is 13.2 Å². The molecular weight excluding hydrogens is 529 g/mol. The molecule has 3 aromatic carbocycles. The SMILES string of the molecule is CCC/C=C\Cc1ccc(-c2ccc(-c3ccc(C4CCC(CCCCCCCCC)OC4)c(F)c3)cc2)c(F)c1F. The maximum absolute atomic E-state index is 15.3. The second-order valence-corrected chi connectivity index (χ2v) is 11.8. The molecule has 0 N–H and O–H groups in total. The molecule has 1 nitrogen and oxygen atoms in total. The third kappa shape index (κ3) is 8.83. The van der Waals surface area contributed by atoms with Crippen LogP contribution >= 0.6 is 0 Å². The predicted molar refractivity (Wildman–Crippen MR) is 169 cm³/mol. The van der Waals surface area contributed by atoms with Crippen molar-refractivity contribution in [3.63, 3.8) is 0 Å². The molecule has 0 aromatic heterocycles. The number of hydrogen-bond donors (Lipinski definition) is 0. The molecule has 3 aromatic rings. The van der Waals surface area contributed by atoms with Crippen molar-refractivity contribution < 1.29 is 17.9 Å². The summed E-state index contributed by atoms with van der Waals surface area (Å²) in [7, 11) is 0. The Morgan fingerprint density at radius 2 is 1.43 bits per heavy atom. The van der Waals surface area contributed by atoms with Crippen LogP contribution in [0.1, 0.15) is 108 Å². The van der Waals surface area contributed by atoms with Gasteiger partial charge in [-0.1, -0.05) is 126 Å². The molecule has 0 radical (unpaired) electrons. The van der Waals surface area contributed by atoms with Crippen molar-refractivity contribution in [1.29, 1.82) is 0 Å². The molecule has 1 aliphatic heterocycles. The summed E-state index contributed by atoms with van der Waals surface area (Å²) < 4.78 is 51.0. The average molecular weight is 577 g/mol. The van der Waals surface area contributed by atoms with Crippen LogP contribution < -0.4 is 0 Å². The van der Waals surface area contributed by atoms with Gasteiger partial charge in [-0.15, -0.1) is 0 Å². The van der Waals surface area contributed by atoms with Gasteiger partial charge in [0.15, 0.2) is 11.6 Å². The summed E-state index contributed by atoms with van der Waals surface area (Å²) in [5.41, 5.74) is 3.47. The first kappa shape index (κ1) is 32.1. The van der Waals surface area contributed by atoms with E-state index in [2.05, 4.69) is 13.8 Å². The molecule has 226 valence electrons. The summed E-state index contributed by atoms with van der Waals surface area (Å²) in [5.74, 6) is -1.77. The number of allylic oxidation sites excluding steroid dienone is 2. The average Bonchev–Trinajstić information content (AvgIpc) is 3.01. The van der Waals surface area contributed by atoms with Crippen LogP contribution in [0, 0.1) is 17.5 Å². The molecule has 0 aliphatic carbocycles. The van der Waals surface area contributed by atoms with Gasteiger partial charge in [0, 0.05) is 11.5 Å². The normalized spacial score (nSPS) is 17.3. The fourth-order valence-corrected chi connectivity index (χ4v) is 5.95. The molecule has 2 atom stereocenters. The van der Waals surface area contributed by atoms with Gasteiger partial charge in [-0.3, -0.25) is 0 Å². The van der Waals surface area contributed by atoms with E-state index in [1.165, 1.54) is 44.9 Å². The van der Waals surface area contributed by atoms with Crippen LogP contribution in [0.15, 0.2) is 66.7 Å². The first-order valence-corrected chi connectivity index (χ1v) is 16.2. The van der Waals surface area contributed by atoms with Gasteiger partial charge in [-0.05, 0) is 66.0 Å². The van der Waals surface area contributed by atoms with E-state index in [1.54, 1.807) is 30.3 Å². The number of ether oxygens (including phenoxy) is 1. The minimum Gasteiger partial charge on any atom is -0.378 e. The third-order valence-corrected chi connectivity index (χ3v) is 8.59. The Kier molecular flexibility index (Phi) is 12.8. The molecular formula is C38H47F3O. The highest BCUT2D eigenvalue weighted by atomic mass is 19.2. The quantitative estimate of drug-likeness (QED) is 0.129. The fourth-order valence-electron chi connectivity index (χ4n) is 5.95. The zero-order valence-electron chi connectivity index (χ0n) is 25.4. The Labute approximate surface area is 251 Å². The van der Waals surface area contributed by atoms with Gasteiger partial charge in [0.05, 0.1) is 12.7 Å². The zero-order valence-corrected chi connectivity index (χ0v) is 25.4. The van der Waals surface area contributed by atoms with Crippen LogP contribution in [0.2, 0.25) is 0 Å². The van der Waals surface area contributed by atoms with E-state index in [1.807, 2.05) is 36.4 Å². The summed E-state index contributed by atoms with van der Waals surface area (Å²) >= 11 is 0. The number of halogens is 3. The van der Waals surface area contributed by atoms with Gasteiger partial charge >= 0.3 is 0 Å². The first-order valence-electron chi connectivity index (χ1n) is 16.2. The van der Waals surface area contributed by atoms with E-state index >= 15 is 4.39 Å². The molecule has 0 spiro atoms. The molecule has 4 heteroatoms. The Balaban J connectivity index is 1.32. The van der Waals surface area contributed by atoms with E-state index in [-0.39, 0.29) is 17.3 Å². The topological polar surface area (TPSA) is 9.23 Å². The van der Waals surface area contributed by atoms with Crippen molar-refractivity contribution in [3.8, 4) is 22.3 Å². The molecule has 1 saturated heterocycles. The van der Waals surface area contributed by atoms with E-state index in [4.69, 9.17) is 4.74 Å². The summed E-state index contributed by atoms with van der Waals surface area (Å²) in [6.45, 7) is 4.90. The lowest BCUT2D eigenvalue weighted by Gasteiger charge is -2.29. The maximum atomic E-state index is 15.3. The van der Waals surface area contributed by atoms with Crippen LogP contribution in [0.5, 0.6) is 0 Å². The molecule has 2 unspecified atom stereocenters. The van der Waals surface area contributed by atoms with E-state index in [0.717, 1.165) is 43.2 Å². The van der Waals surface area contributed by atoms with Gasteiger partial charge in [0.2, 0.25) is 0 Å². The lowest BCUT2D eigenvalue weighted by molar-refractivity contribution is -0.00274. The molecule has 42 heavy (non-hydrogen) atoms. The summed E-state index contributed by atoms with van der Waals surface area (Å²) in [4.78, 5) is 0. The van der Waals surface area contributed by atoms with Gasteiger partial charge in [-0.2, -0.15) is 0 Å². The molecule has 1 heterocycles. The van der Waals surface area contributed by atoms with Crippen molar-refractivity contribution in [1.82, 2.24) is 0 Å². The van der Waals surface area contributed by atoms with Crippen molar-refractivity contribution in [2.75, 3.05) is 6.61 Å². The molecule has 0 bridgehead atoms. The van der Waals surface area contributed by atoms with Crippen molar-refractivity contribution in [3.05, 3.63) is 95.3 Å². The van der Waals surface area contributed by atoms with Gasteiger partial charge in [0.25, 0.3) is 0 Å². The highest BCUT2D eigenvalue weighted by molar-refractivity contribution is 5.71. The molecule has 1 fully saturated rings. The number of rotatable bonds is 15. The maximum Gasteiger partial charge on any atom is 0.166 e.